The molecule has 0 radical (unpaired) electrons. The van der Waals surface area contributed by atoms with Gasteiger partial charge in [-0.05, 0) is 44.9 Å². The Labute approximate surface area is 191 Å². The second kappa shape index (κ2) is 14.1. The maximum Gasteiger partial charge on any atom is 0.513 e. The van der Waals surface area contributed by atoms with Crippen LogP contribution in [-0.2, 0) is 23.8 Å². The largest absolute Gasteiger partial charge is 0.513 e. The number of hydrogen-bond acceptors (Lipinski definition) is 10. The Bertz CT molecular complexity index is 801. The first-order valence-corrected chi connectivity index (χ1v) is 9.57. The molecule has 0 aliphatic carbocycles. The molecule has 0 heterocycles. The lowest BCUT2D eigenvalue weighted by atomic mass is 9.87. The van der Waals surface area contributed by atoms with E-state index in [0.717, 1.165) is 0 Å². The summed E-state index contributed by atoms with van der Waals surface area (Å²) in [6, 6.07) is 2.71. The number of nitrogens with two attached hydrogens (primary N) is 1. The number of carboxylic acids is 1. The van der Waals surface area contributed by atoms with Crippen molar-refractivity contribution in [2.75, 3.05) is 13.2 Å². The van der Waals surface area contributed by atoms with Gasteiger partial charge in [0, 0.05) is 12.8 Å². The van der Waals surface area contributed by atoms with Crippen LogP contribution in [0.2, 0.25) is 0 Å². The summed E-state index contributed by atoms with van der Waals surface area (Å²) in [6.45, 7) is 6.09. The third kappa shape index (κ3) is 9.40. The van der Waals surface area contributed by atoms with Crippen molar-refractivity contribution in [1.29, 1.82) is 0 Å². The molecule has 3 atom stereocenters. The number of hydrogen-bond donors (Lipinski definition) is 2. The van der Waals surface area contributed by atoms with Crippen LogP contribution in [0.5, 0.6) is 11.5 Å². The van der Waals surface area contributed by atoms with Crippen molar-refractivity contribution in [1.82, 2.24) is 0 Å². The monoisotopic (exact) mass is 477 g/mol. The lowest BCUT2D eigenvalue weighted by Crippen LogP contribution is -2.38. The van der Waals surface area contributed by atoms with E-state index in [1.807, 2.05) is 0 Å². The van der Waals surface area contributed by atoms with Crippen LogP contribution in [0.4, 0.5) is 9.59 Å². The third-order valence-corrected chi connectivity index (χ3v) is 3.98. The molecule has 0 amide bonds. The van der Waals surface area contributed by atoms with Crippen LogP contribution in [0, 0.1) is 0 Å². The molecule has 11 nitrogen and oxygen atoms in total. The van der Waals surface area contributed by atoms with Gasteiger partial charge in [0.05, 0.1) is 19.3 Å². The molecule has 0 aliphatic rings. The van der Waals surface area contributed by atoms with Crippen molar-refractivity contribution in [3.05, 3.63) is 23.8 Å². The minimum Gasteiger partial charge on any atom is -0.480 e. The summed E-state index contributed by atoms with van der Waals surface area (Å²) in [5.74, 6) is -2.98. The molecule has 0 aliphatic heterocycles. The third-order valence-electron chi connectivity index (χ3n) is 3.98. The Morgan fingerprint density at radius 3 is 2.00 bits per heavy atom. The zero-order valence-corrected chi connectivity index (χ0v) is 19.0. The molecule has 0 spiro atoms. The van der Waals surface area contributed by atoms with Gasteiger partial charge >= 0.3 is 24.2 Å². The summed E-state index contributed by atoms with van der Waals surface area (Å²) in [5.41, 5.74) is 6.20. The predicted octanol–water partition coefficient (Wildman–Crippen LogP) is 3.02. The van der Waals surface area contributed by atoms with E-state index >= 15 is 0 Å². The van der Waals surface area contributed by atoms with Crippen molar-refractivity contribution in [2.45, 2.75) is 52.2 Å². The van der Waals surface area contributed by atoms with Gasteiger partial charge < -0.3 is 34.5 Å². The standard InChI is InChI=1S/C20H27NO10.ClH/c1-5-27-19(25)30-15-8-7-13(10-16(15)31-20(26)28-6-2)14(17(21)18(23)24)9-11(3)29-12(4)22;/h7-8,10-11,14,17H,5-6,9,21H2,1-4H3,(H,23,24);1H/t11-,14?,17+;/m1./s1. The number of ether oxygens (including phenoxy) is 5. The van der Waals surface area contributed by atoms with Gasteiger partial charge in [-0.1, -0.05) is 6.07 Å². The van der Waals surface area contributed by atoms with Gasteiger partial charge in [-0.25, -0.2) is 9.59 Å². The highest BCUT2D eigenvalue weighted by atomic mass is 35.5. The molecule has 0 saturated carbocycles. The van der Waals surface area contributed by atoms with Crippen molar-refractivity contribution in [3.63, 3.8) is 0 Å². The lowest BCUT2D eigenvalue weighted by molar-refractivity contribution is -0.146. The Morgan fingerprint density at radius 1 is 1.00 bits per heavy atom. The highest BCUT2D eigenvalue weighted by Crippen LogP contribution is 2.35. The lowest BCUT2D eigenvalue weighted by Gasteiger charge is -2.25. The molecule has 1 rings (SSSR count). The summed E-state index contributed by atoms with van der Waals surface area (Å²) in [5, 5.41) is 9.40. The van der Waals surface area contributed by atoms with Gasteiger partial charge in [0.1, 0.15) is 6.04 Å². The minimum atomic E-state index is -1.36. The Hall–Kier alpha value is -3.05. The maximum absolute atomic E-state index is 11.8. The molecule has 0 aromatic heterocycles. The normalized spacial score (nSPS) is 12.9. The fourth-order valence-corrected chi connectivity index (χ4v) is 2.74. The smallest absolute Gasteiger partial charge is 0.480 e. The number of rotatable bonds is 10. The molecule has 1 aromatic rings. The zero-order chi connectivity index (χ0) is 23.6. The average molecular weight is 478 g/mol. The molecule has 1 unspecified atom stereocenters. The van der Waals surface area contributed by atoms with E-state index in [1.54, 1.807) is 20.8 Å². The number of aliphatic carboxylic acids is 1. The van der Waals surface area contributed by atoms with E-state index in [1.165, 1.54) is 25.1 Å². The molecule has 12 heteroatoms. The first-order chi connectivity index (χ1) is 14.6. The molecular weight excluding hydrogens is 450 g/mol. The number of esters is 1. The van der Waals surface area contributed by atoms with Gasteiger partial charge in [-0.2, -0.15) is 0 Å². The SMILES string of the molecule is CCOC(=O)Oc1ccc(C(C[C@@H](C)OC(C)=O)[C@H](N)C(=O)O)cc1OC(=O)OCC.Cl. The van der Waals surface area contributed by atoms with E-state index in [0.29, 0.717) is 5.56 Å². The van der Waals surface area contributed by atoms with E-state index in [2.05, 4.69) is 0 Å². The Kier molecular flexibility index (Phi) is 12.8. The number of benzene rings is 1. The Morgan fingerprint density at radius 2 is 1.53 bits per heavy atom. The fourth-order valence-electron chi connectivity index (χ4n) is 2.74. The second-order valence-electron chi connectivity index (χ2n) is 6.40. The van der Waals surface area contributed by atoms with Crippen molar-refractivity contribution < 1.29 is 48.0 Å². The molecule has 0 bridgehead atoms. The summed E-state index contributed by atoms with van der Waals surface area (Å²) >= 11 is 0. The quantitative estimate of drug-likeness (QED) is 0.289. The van der Waals surface area contributed by atoms with Crippen LogP contribution in [-0.4, -0.2) is 54.7 Å². The minimum absolute atomic E-state index is 0. The van der Waals surface area contributed by atoms with Gasteiger partial charge in [0.25, 0.3) is 0 Å². The van der Waals surface area contributed by atoms with E-state index in [9.17, 15) is 24.3 Å². The summed E-state index contributed by atoms with van der Waals surface area (Å²) < 4.78 is 24.7. The Balaban J connectivity index is 0.00000961. The van der Waals surface area contributed by atoms with Crippen LogP contribution in [0.15, 0.2) is 18.2 Å². The second-order valence-corrected chi connectivity index (χ2v) is 6.40. The molecule has 3 N–H and O–H groups in total. The number of carbonyl (C=O) groups excluding carboxylic acids is 3. The molecule has 180 valence electrons. The predicted molar refractivity (Wildman–Crippen MR) is 113 cm³/mol. The van der Waals surface area contributed by atoms with Gasteiger partial charge in [0.15, 0.2) is 11.5 Å². The highest BCUT2D eigenvalue weighted by Gasteiger charge is 2.30. The van der Waals surface area contributed by atoms with E-state index in [4.69, 9.17) is 29.4 Å². The highest BCUT2D eigenvalue weighted by molar-refractivity contribution is 5.85. The van der Waals surface area contributed by atoms with Gasteiger partial charge in [-0.3, -0.25) is 9.59 Å². The van der Waals surface area contributed by atoms with E-state index in [-0.39, 0.29) is 43.5 Å². The van der Waals surface area contributed by atoms with Crippen molar-refractivity contribution in [2.24, 2.45) is 5.73 Å². The first-order valence-electron chi connectivity index (χ1n) is 9.57. The van der Waals surface area contributed by atoms with Crippen molar-refractivity contribution >= 4 is 36.7 Å². The summed E-state index contributed by atoms with van der Waals surface area (Å²) in [7, 11) is 0. The number of halogens is 1. The van der Waals surface area contributed by atoms with E-state index < -0.39 is 42.3 Å². The maximum atomic E-state index is 11.8. The van der Waals surface area contributed by atoms with Crippen molar-refractivity contribution in [3.8, 4) is 11.5 Å². The van der Waals surface area contributed by atoms with Crippen LogP contribution < -0.4 is 15.2 Å². The molecule has 1 aromatic carbocycles. The summed E-state index contributed by atoms with van der Waals surface area (Å²) in [6.07, 6.45) is -2.64. The molecule has 0 saturated heterocycles. The number of carboxylic acid groups (broad SMARTS) is 1. The molecular formula is C20H28ClNO10. The van der Waals surface area contributed by atoms with Gasteiger partial charge in [0.2, 0.25) is 0 Å². The average Bonchev–Trinajstić information content (AvgIpc) is 2.66. The van der Waals surface area contributed by atoms with Gasteiger partial charge in [-0.15, -0.1) is 12.4 Å². The summed E-state index contributed by atoms with van der Waals surface area (Å²) in [4.78, 5) is 46.2. The molecule has 0 fully saturated rings. The van der Waals surface area contributed by atoms with Crippen LogP contribution in [0.1, 0.15) is 45.6 Å². The number of carbonyl (C=O) groups is 4. The molecule has 32 heavy (non-hydrogen) atoms. The fraction of sp³-hybridized carbons (Fsp3) is 0.500. The topological polar surface area (TPSA) is 161 Å². The van der Waals surface area contributed by atoms with Crippen LogP contribution in [0.3, 0.4) is 0 Å². The van der Waals surface area contributed by atoms with Crippen LogP contribution >= 0.6 is 12.4 Å². The zero-order valence-electron chi connectivity index (χ0n) is 18.2. The van der Waals surface area contributed by atoms with Crippen LogP contribution in [0.25, 0.3) is 0 Å². The first kappa shape index (κ1) is 28.9.